The van der Waals surface area contributed by atoms with Gasteiger partial charge < -0.3 is 4.79 Å². The Bertz CT molecular complexity index is 549. The van der Waals surface area contributed by atoms with Gasteiger partial charge >= 0.3 is 3.93 Å². The van der Waals surface area contributed by atoms with Crippen LogP contribution in [-0.2, 0) is 15.3 Å². The molecule has 0 atom stereocenters. The number of aromatic nitrogens is 2. The minimum Gasteiger partial charge on any atom is -0.301 e. The van der Waals surface area contributed by atoms with E-state index >= 15 is 0 Å². The maximum atomic E-state index is 13.5. The van der Waals surface area contributed by atoms with Crippen molar-refractivity contribution in [2.75, 3.05) is 0 Å². The van der Waals surface area contributed by atoms with Gasteiger partial charge in [0.15, 0.2) is 0 Å². The maximum Gasteiger partial charge on any atom is 0.340 e. The number of nitrogens with zero attached hydrogens (tertiary/aromatic N) is 2. The molecule has 3 nitrogen and oxygen atoms in total. The fourth-order valence-corrected chi connectivity index (χ4v) is 2.03. The standard InChI is InChI=1S/C12H9F2IN2O/c13-12(14,15)11-10(8-17(16-11)6-7-18)9-4-2-1-3-5-9/h1-5,7-8H,6H2. The molecule has 1 heterocycles. The van der Waals surface area contributed by atoms with E-state index in [2.05, 4.69) is 5.10 Å². The van der Waals surface area contributed by atoms with E-state index in [1.54, 1.807) is 30.3 Å². The van der Waals surface area contributed by atoms with Crippen LogP contribution in [0.3, 0.4) is 0 Å². The van der Waals surface area contributed by atoms with E-state index in [0.29, 0.717) is 17.4 Å². The molecule has 0 aliphatic heterocycles. The second-order valence-corrected chi connectivity index (χ2v) is 5.00. The summed E-state index contributed by atoms with van der Waals surface area (Å²) in [5.41, 5.74) is 0.675. The van der Waals surface area contributed by atoms with Crippen molar-refractivity contribution in [1.82, 2.24) is 9.78 Å². The molecule has 18 heavy (non-hydrogen) atoms. The van der Waals surface area contributed by atoms with Crippen LogP contribution >= 0.6 is 22.6 Å². The van der Waals surface area contributed by atoms with Gasteiger partial charge in [0.25, 0.3) is 0 Å². The van der Waals surface area contributed by atoms with Gasteiger partial charge in [0.2, 0.25) is 0 Å². The first kappa shape index (κ1) is 13.1. The van der Waals surface area contributed by atoms with Gasteiger partial charge in [-0.05, 0) is 5.56 Å². The Labute approximate surface area is 116 Å². The van der Waals surface area contributed by atoms with Gasteiger partial charge in [-0.15, -0.1) is 0 Å². The molecule has 0 aliphatic rings. The van der Waals surface area contributed by atoms with E-state index in [-0.39, 0.29) is 12.2 Å². The number of carbonyl (C=O) groups is 1. The zero-order chi connectivity index (χ0) is 13.2. The molecule has 0 N–H and O–H groups in total. The second-order valence-electron chi connectivity index (χ2n) is 3.64. The summed E-state index contributed by atoms with van der Waals surface area (Å²) in [5, 5.41) is 3.78. The Morgan fingerprint density at radius 2 is 2.00 bits per heavy atom. The van der Waals surface area contributed by atoms with E-state index in [0.717, 1.165) is 22.6 Å². The number of halogens is 3. The predicted molar refractivity (Wildman–Crippen MR) is 71.6 cm³/mol. The largest absolute Gasteiger partial charge is 0.340 e. The molecule has 2 rings (SSSR count). The minimum atomic E-state index is -3.07. The van der Waals surface area contributed by atoms with Gasteiger partial charge in [-0.3, -0.25) is 4.68 Å². The van der Waals surface area contributed by atoms with E-state index < -0.39 is 3.93 Å². The van der Waals surface area contributed by atoms with Crippen LogP contribution < -0.4 is 0 Å². The highest BCUT2D eigenvalue weighted by Crippen LogP contribution is 2.39. The van der Waals surface area contributed by atoms with Crippen molar-refractivity contribution in [3.05, 3.63) is 42.2 Å². The minimum absolute atomic E-state index is 0.0352. The van der Waals surface area contributed by atoms with E-state index in [1.165, 1.54) is 10.9 Å². The summed E-state index contributed by atoms with van der Waals surface area (Å²) < 4.78 is 25.1. The van der Waals surface area contributed by atoms with Crippen molar-refractivity contribution in [1.29, 1.82) is 0 Å². The predicted octanol–water partition coefficient (Wildman–Crippen LogP) is 3.23. The number of benzene rings is 1. The molecule has 0 radical (unpaired) electrons. The smallest absolute Gasteiger partial charge is 0.301 e. The Morgan fingerprint density at radius 1 is 1.33 bits per heavy atom. The number of alkyl halides is 3. The second kappa shape index (κ2) is 5.13. The van der Waals surface area contributed by atoms with Gasteiger partial charge in [-0.1, -0.05) is 30.3 Å². The Hall–Kier alpha value is -1.31. The first-order valence-electron chi connectivity index (χ1n) is 5.16. The van der Waals surface area contributed by atoms with E-state index in [9.17, 15) is 13.6 Å². The van der Waals surface area contributed by atoms with Crippen LogP contribution in [0.5, 0.6) is 0 Å². The number of rotatable bonds is 4. The lowest BCUT2D eigenvalue weighted by atomic mass is 10.1. The molecular weight excluding hydrogens is 353 g/mol. The quantitative estimate of drug-likeness (QED) is 0.476. The normalized spacial score (nSPS) is 11.5. The fraction of sp³-hybridized carbons (Fsp3) is 0.167. The summed E-state index contributed by atoms with van der Waals surface area (Å²) in [4.78, 5) is 10.4. The summed E-state index contributed by atoms with van der Waals surface area (Å²) in [5.74, 6) is 0. The van der Waals surface area contributed by atoms with Crippen molar-refractivity contribution in [2.45, 2.75) is 10.5 Å². The Balaban J connectivity index is 2.54. The summed E-state index contributed by atoms with van der Waals surface area (Å²) in [6.45, 7) is -0.0352. The molecule has 0 unspecified atom stereocenters. The molecule has 1 aromatic heterocycles. The molecule has 1 aromatic carbocycles. The third-order valence-corrected chi connectivity index (χ3v) is 2.89. The van der Waals surface area contributed by atoms with Crippen molar-refractivity contribution in [2.24, 2.45) is 0 Å². The zero-order valence-electron chi connectivity index (χ0n) is 9.19. The molecule has 0 bridgehead atoms. The molecule has 0 saturated carbocycles. The van der Waals surface area contributed by atoms with Crippen LogP contribution in [0.15, 0.2) is 36.5 Å². The van der Waals surface area contributed by atoms with E-state index in [1.807, 2.05) is 0 Å². The molecule has 0 amide bonds. The number of aldehydes is 1. The fourth-order valence-electron chi connectivity index (χ4n) is 1.63. The van der Waals surface area contributed by atoms with Gasteiger partial charge in [0.05, 0.1) is 6.54 Å². The van der Waals surface area contributed by atoms with Crippen molar-refractivity contribution >= 4 is 28.9 Å². The highest BCUT2D eigenvalue weighted by atomic mass is 127. The molecule has 2 aromatic rings. The molecule has 0 fully saturated rings. The number of carbonyl (C=O) groups excluding carboxylic acids is 1. The summed E-state index contributed by atoms with van der Waals surface area (Å²) >= 11 is 1.04. The number of hydrogen-bond donors (Lipinski definition) is 0. The van der Waals surface area contributed by atoms with Crippen LogP contribution in [0.1, 0.15) is 5.69 Å². The van der Waals surface area contributed by atoms with Gasteiger partial charge in [-0.2, -0.15) is 13.9 Å². The third kappa shape index (κ3) is 2.74. The maximum absolute atomic E-state index is 13.5. The lowest BCUT2D eigenvalue weighted by Crippen LogP contribution is -2.07. The first-order chi connectivity index (χ1) is 8.52. The van der Waals surface area contributed by atoms with Crippen LogP contribution in [0.2, 0.25) is 0 Å². The molecule has 94 valence electrons. The van der Waals surface area contributed by atoms with Crippen molar-refractivity contribution < 1.29 is 13.6 Å². The topological polar surface area (TPSA) is 34.9 Å². The summed E-state index contributed by atoms with van der Waals surface area (Å²) in [7, 11) is 0. The van der Waals surface area contributed by atoms with Crippen LogP contribution in [0, 0.1) is 0 Å². The third-order valence-electron chi connectivity index (χ3n) is 2.38. The summed E-state index contributed by atoms with van der Waals surface area (Å²) in [6.07, 6.45) is 2.09. The first-order valence-corrected chi connectivity index (χ1v) is 6.24. The Kier molecular flexibility index (Phi) is 3.74. The van der Waals surface area contributed by atoms with Gasteiger partial charge in [0, 0.05) is 34.4 Å². The van der Waals surface area contributed by atoms with Gasteiger partial charge in [0.1, 0.15) is 12.0 Å². The molecule has 0 aliphatic carbocycles. The van der Waals surface area contributed by atoms with E-state index in [4.69, 9.17) is 0 Å². The lowest BCUT2D eigenvalue weighted by molar-refractivity contribution is -0.108. The van der Waals surface area contributed by atoms with Crippen LogP contribution in [0.4, 0.5) is 8.78 Å². The van der Waals surface area contributed by atoms with Crippen molar-refractivity contribution in [3.63, 3.8) is 0 Å². The SMILES string of the molecule is O=CCn1cc(-c2ccccc2)c(C(F)(F)I)n1. The van der Waals surface area contributed by atoms with Crippen LogP contribution in [-0.4, -0.2) is 16.1 Å². The van der Waals surface area contributed by atoms with Gasteiger partial charge in [-0.25, -0.2) is 0 Å². The molecular formula is C12H9F2IN2O. The summed E-state index contributed by atoms with van der Waals surface area (Å²) in [6, 6.07) is 8.80. The van der Waals surface area contributed by atoms with Crippen molar-refractivity contribution in [3.8, 4) is 11.1 Å². The highest BCUT2D eigenvalue weighted by Gasteiger charge is 2.34. The van der Waals surface area contributed by atoms with Crippen LogP contribution in [0.25, 0.3) is 11.1 Å². The lowest BCUT2D eigenvalue weighted by Gasteiger charge is -2.07. The average Bonchev–Trinajstić information content (AvgIpc) is 2.75. The highest BCUT2D eigenvalue weighted by molar-refractivity contribution is 14.1. The average molecular weight is 362 g/mol. The number of hydrogen-bond acceptors (Lipinski definition) is 2. The molecule has 0 spiro atoms. The molecule has 0 saturated heterocycles. The molecule has 6 heteroatoms. The Morgan fingerprint density at radius 3 is 2.56 bits per heavy atom. The zero-order valence-corrected chi connectivity index (χ0v) is 11.3. The monoisotopic (exact) mass is 362 g/mol.